The minimum atomic E-state index is -4.60. The summed E-state index contributed by atoms with van der Waals surface area (Å²) in [5.41, 5.74) is 1.36. The lowest BCUT2D eigenvalue weighted by molar-refractivity contribution is -0.138. The van der Waals surface area contributed by atoms with E-state index in [4.69, 9.17) is 0 Å². The van der Waals surface area contributed by atoms with Crippen LogP contribution in [0.4, 0.5) is 23.1 Å². The Balaban J connectivity index is 1.77. The van der Waals surface area contributed by atoms with Crippen LogP contribution in [-0.2, 0) is 6.18 Å². The van der Waals surface area contributed by atoms with Crippen LogP contribution in [0.2, 0.25) is 0 Å². The third-order valence-corrected chi connectivity index (χ3v) is 4.16. The normalized spacial score (nSPS) is 12.4. The Kier molecular flexibility index (Phi) is 5.12. The van der Waals surface area contributed by atoms with Crippen molar-refractivity contribution in [3.8, 4) is 0 Å². The first-order chi connectivity index (χ1) is 12.4. The molecule has 0 radical (unpaired) electrons. The number of rotatable bonds is 4. The number of nitrogens with one attached hydrogen (secondary N) is 2. The highest BCUT2D eigenvalue weighted by Gasteiger charge is 2.35. The summed E-state index contributed by atoms with van der Waals surface area (Å²) >= 11 is 0.252. The van der Waals surface area contributed by atoms with Crippen LogP contribution in [0.3, 0.4) is 0 Å². The summed E-state index contributed by atoms with van der Waals surface area (Å²) in [5, 5.41) is 9.95. The average Bonchev–Trinajstić information content (AvgIpc) is 3.10. The minimum Gasteiger partial charge on any atom is -0.325 e. The van der Waals surface area contributed by atoms with Crippen LogP contribution in [0, 0.1) is 0 Å². The number of hydrogen-bond donors (Lipinski definition) is 2. The third-order valence-electron chi connectivity index (χ3n) is 3.28. The number of alkyl halides is 3. The van der Waals surface area contributed by atoms with Crippen LogP contribution in [0.15, 0.2) is 54.7 Å². The van der Waals surface area contributed by atoms with E-state index >= 15 is 0 Å². The van der Waals surface area contributed by atoms with E-state index in [1.54, 1.807) is 24.4 Å². The fourth-order valence-electron chi connectivity index (χ4n) is 2.17. The van der Waals surface area contributed by atoms with Crippen molar-refractivity contribution in [3.05, 3.63) is 71.0 Å². The van der Waals surface area contributed by atoms with Gasteiger partial charge in [0.05, 0.1) is 11.7 Å². The molecule has 2 heterocycles. The molecule has 0 spiro atoms. The minimum absolute atomic E-state index is 0.248. The predicted octanol–water partition coefficient (Wildman–Crippen LogP) is 3.86. The molecule has 0 fully saturated rings. The molecule has 0 bridgehead atoms. The van der Waals surface area contributed by atoms with Gasteiger partial charge in [0.15, 0.2) is 0 Å². The van der Waals surface area contributed by atoms with Gasteiger partial charge in [-0.1, -0.05) is 47.7 Å². The quantitative estimate of drug-likeness (QED) is 0.721. The topological polar surface area (TPSA) is 79.8 Å². The van der Waals surface area contributed by atoms with E-state index in [9.17, 15) is 18.0 Å². The molecule has 3 rings (SSSR count). The Morgan fingerprint density at radius 1 is 1.04 bits per heavy atom. The van der Waals surface area contributed by atoms with Crippen molar-refractivity contribution in [2.24, 2.45) is 0 Å². The lowest BCUT2D eigenvalue weighted by Gasteiger charge is -2.18. The molecule has 2 aromatic heterocycles. The Morgan fingerprint density at radius 2 is 1.77 bits per heavy atom. The molecule has 10 heteroatoms. The van der Waals surface area contributed by atoms with Crippen molar-refractivity contribution < 1.29 is 18.0 Å². The molecule has 0 saturated carbocycles. The van der Waals surface area contributed by atoms with Gasteiger partial charge in [-0.3, -0.25) is 10.3 Å². The summed E-state index contributed by atoms with van der Waals surface area (Å²) in [6, 6.07) is 13.0. The molecule has 0 aliphatic rings. The standard InChI is InChI=1S/C16H12F3N5OS/c17-16(18,19)13-23-24-15(26-13)22-14(25)21-12(10-6-2-1-3-7-10)11-8-4-5-9-20-11/h1-9,12H,(H2,21,22,24,25). The second-order valence-corrected chi connectivity index (χ2v) is 6.08. The maximum Gasteiger partial charge on any atom is 0.445 e. The van der Waals surface area contributed by atoms with Crippen molar-refractivity contribution >= 4 is 22.5 Å². The van der Waals surface area contributed by atoms with E-state index in [0.29, 0.717) is 5.69 Å². The van der Waals surface area contributed by atoms with Crippen LogP contribution < -0.4 is 10.6 Å². The highest BCUT2D eigenvalue weighted by molar-refractivity contribution is 7.15. The molecular formula is C16H12F3N5OS. The van der Waals surface area contributed by atoms with E-state index in [-0.39, 0.29) is 16.5 Å². The smallest absolute Gasteiger partial charge is 0.325 e. The van der Waals surface area contributed by atoms with Crippen molar-refractivity contribution in [1.29, 1.82) is 0 Å². The first kappa shape index (κ1) is 17.8. The second-order valence-electron chi connectivity index (χ2n) is 5.11. The molecular weight excluding hydrogens is 367 g/mol. The lowest BCUT2D eigenvalue weighted by atomic mass is 10.0. The van der Waals surface area contributed by atoms with Crippen molar-refractivity contribution in [1.82, 2.24) is 20.5 Å². The lowest BCUT2D eigenvalue weighted by Crippen LogP contribution is -2.33. The molecule has 134 valence electrons. The summed E-state index contributed by atoms with van der Waals surface area (Å²) in [6.07, 6.45) is -3.01. The number of urea groups is 1. The van der Waals surface area contributed by atoms with Gasteiger partial charge in [0.2, 0.25) is 10.1 Å². The molecule has 1 aromatic carbocycles. The number of anilines is 1. The zero-order valence-electron chi connectivity index (χ0n) is 13.1. The Morgan fingerprint density at radius 3 is 2.38 bits per heavy atom. The molecule has 0 aliphatic heterocycles. The van der Waals surface area contributed by atoms with E-state index in [2.05, 4.69) is 25.8 Å². The van der Waals surface area contributed by atoms with Gasteiger partial charge in [-0.25, -0.2) is 4.79 Å². The first-order valence-corrected chi connectivity index (χ1v) is 8.19. The molecule has 1 unspecified atom stereocenters. The van der Waals surface area contributed by atoms with Gasteiger partial charge >= 0.3 is 12.2 Å². The fourth-order valence-corrected chi connectivity index (χ4v) is 2.78. The zero-order chi connectivity index (χ0) is 18.6. The number of aromatic nitrogens is 3. The van der Waals surface area contributed by atoms with Gasteiger partial charge < -0.3 is 5.32 Å². The summed E-state index contributed by atoms with van der Waals surface area (Å²) in [4.78, 5) is 16.5. The van der Waals surface area contributed by atoms with Crippen molar-refractivity contribution in [2.75, 3.05) is 5.32 Å². The molecule has 2 amide bonds. The molecule has 2 N–H and O–H groups in total. The molecule has 3 aromatic rings. The summed E-state index contributed by atoms with van der Waals surface area (Å²) in [5.74, 6) is 0. The number of hydrogen-bond acceptors (Lipinski definition) is 5. The van der Waals surface area contributed by atoms with Gasteiger partial charge in [0, 0.05) is 6.20 Å². The van der Waals surface area contributed by atoms with Crippen LogP contribution in [0.5, 0.6) is 0 Å². The molecule has 0 aliphatic carbocycles. The Hall–Kier alpha value is -3.01. The molecule has 1 atom stereocenters. The van der Waals surface area contributed by atoms with E-state index in [1.807, 2.05) is 30.3 Å². The molecule has 0 saturated heterocycles. The number of halogens is 3. The number of benzene rings is 1. The van der Waals surface area contributed by atoms with E-state index < -0.39 is 23.3 Å². The number of nitrogens with zero attached hydrogens (tertiary/aromatic N) is 3. The third kappa shape index (κ3) is 4.33. The average molecular weight is 379 g/mol. The van der Waals surface area contributed by atoms with Crippen molar-refractivity contribution in [2.45, 2.75) is 12.2 Å². The van der Waals surface area contributed by atoms with Gasteiger partial charge in [-0.2, -0.15) is 13.2 Å². The molecule has 26 heavy (non-hydrogen) atoms. The highest BCUT2D eigenvalue weighted by Crippen LogP contribution is 2.33. The summed E-state index contributed by atoms with van der Waals surface area (Å²) in [6.45, 7) is 0. The first-order valence-electron chi connectivity index (χ1n) is 7.37. The zero-order valence-corrected chi connectivity index (χ0v) is 13.9. The Bertz CT molecular complexity index is 831. The highest BCUT2D eigenvalue weighted by atomic mass is 32.1. The molecule has 6 nitrogen and oxygen atoms in total. The Labute approximate surface area is 150 Å². The number of carbonyl (C=O) groups excluding carboxylic acids is 1. The van der Waals surface area contributed by atoms with E-state index in [1.165, 1.54) is 0 Å². The monoisotopic (exact) mass is 379 g/mol. The van der Waals surface area contributed by atoms with Gasteiger partial charge in [-0.15, -0.1) is 10.2 Å². The van der Waals surface area contributed by atoms with Crippen LogP contribution >= 0.6 is 11.3 Å². The number of carbonyl (C=O) groups is 1. The van der Waals surface area contributed by atoms with E-state index in [0.717, 1.165) is 5.56 Å². The van der Waals surface area contributed by atoms with Crippen LogP contribution in [-0.4, -0.2) is 21.2 Å². The predicted molar refractivity (Wildman–Crippen MR) is 89.6 cm³/mol. The fraction of sp³-hybridized carbons (Fsp3) is 0.125. The second kappa shape index (κ2) is 7.48. The summed E-state index contributed by atoms with van der Waals surface area (Å²) in [7, 11) is 0. The van der Waals surface area contributed by atoms with Gasteiger partial charge in [-0.05, 0) is 17.7 Å². The van der Waals surface area contributed by atoms with Gasteiger partial charge in [0.1, 0.15) is 0 Å². The largest absolute Gasteiger partial charge is 0.445 e. The van der Waals surface area contributed by atoms with Crippen LogP contribution in [0.25, 0.3) is 0 Å². The van der Waals surface area contributed by atoms with Crippen LogP contribution in [0.1, 0.15) is 22.3 Å². The number of amides is 2. The summed E-state index contributed by atoms with van der Waals surface area (Å²) < 4.78 is 37.7. The SMILES string of the molecule is O=C(Nc1nnc(C(F)(F)F)s1)NC(c1ccccc1)c1ccccn1. The van der Waals surface area contributed by atoms with Crippen molar-refractivity contribution in [3.63, 3.8) is 0 Å². The number of pyridine rings is 1. The van der Waals surface area contributed by atoms with Gasteiger partial charge in [0.25, 0.3) is 0 Å². The maximum atomic E-state index is 12.6. The maximum absolute atomic E-state index is 12.6.